The van der Waals surface area contributed by atoms with Gasteiger partial charge in [0.15, 0.2) is 0 Å². The van der Waals surface area contributed by atoms with E-state index in [9.17, 15) is 0 Å². The summed E-state index contributed by atoms with van der Waals surface area (Å²) in [7, 11) is 0. The van der Waals surface area contributed by atoms with Crippen molar-refractivity contribution in [3.05, 3.63) is 60.4 Å². The number of hydrogen-bond donors (Lipinski definition) is 1. The van der Waals surface area contributed by atoms with Gasteiger partial charge in [0.05, 0.1) is 0 Å². The standard InChI is InChI=1S/C15H16N2/c1-11(2)17-15-12(3)9-14(10-16-15)13-7-5-4-6-8-13/h4-10H,1H2,2-3H3,(H,16,17). The SMILES string of the molecule is C=C(C)Nc1ncc(-c2ccccc2)cc1C. The molecule has 0 aliphatic rings. The number of hydrogen-bond acceptors (Lipinski definition) is 2. The summed E-state index contributed by atoms with van der Waals surface area (Å²) in [6.45, 7) is 7.79. The molecule has 0 radical (unpaired) electrons. The molecule has 0 aliphatic heterocycles. The molecule has 2 rings (SSSR count). The van der Waals surface area contributed by atoms with Gasteiger partial charge in [-0.2, -0.15) is 0 Å². The van der Waals surface area contributed by atoms with E-state index in [0.717, 1.165) is 22.6 Å². The second kappa shape index (κ2) is 4.83. The summed E-state index contributed by atoms with van der Waals surface area (Å²) in [5.74, 6) is 0.872. The van der Waals surface area contributed by atoms with Gasteiger partial charge in [0.25, 0.3) is 0 Å². The van der Waals surface area contributed by atoms with Gasteiger partial charge in [0.2, 0.25) is 0 Å². The van der Waals surface area contributed by atoms with Crippen LogP contribution in [0.1, 0.15) is 12.5 Å². The zero-order chi connectivity index (χ0) is 12.3. The van der Waals surface area contributed by atoms with E-state index >= 15 is 0 Å². The van der Waals surface area contributed by atoms with Crippen LogP contribution in [0.15, 0.2) is 54.9 Å². The lowest BCUT2D eigenvalue weighted by Crippen LogP contribution is -1.99. The van der Waals surface area contributed by atoms with Crippen LogP contribution in [0, 0.1) is 6.92 Å². The summed E-state index contributed by atoms with van der Waals surface area (Å²) < 4.78 is 0. The number of pyridine rings is 1. The molecule has 0 saturated carbocycles. The normalized spacial score (nSPS) is 10.0. The number of aromatic nitrogens is 1. The predicted molar refractivity (Wildman–Crippen MR) is 72.8 cm³/mol. The van der Waals surface area contributed by atoms with Crippen molar-refractivity contribution in [3.63, 3.8) is 0 Å². The van der Waals surface area contributed by atoms with Gasteiger partial charge in [-0.05, 0) is 31.0 Å². The third kappa shape index (κ3) is 2.72. The summed E-state index contributed by atoms with van der Waals surface area (Å²) in [4.78, 5) is 4.42. The van der Waals surface area contributed by atoms with E-state index in [1.807, 2.05) is 38.2 Å². The summed E-state index contributed by atoms with van der Waals surface area (Å²) in [6.07, 6.45) is 1.88. The van der Waals surface area contributed by atoms with Crippen molar-refractivity contribution in [1.82, 2.24) is 4.98 Å². The Kier molecular flexibility index (Phi) is 3.24. The Labute approximate surface area is 102 Å². The molecular weight excluding hydrogens is 208 g/mol. The number of rotatable bonds is 3. The minimum absolute atomic E-state index is 0.872. The molecule has 0 saturated heterocycles. The van der Waals surface area contributed by atoms with Crippen molar-refractivity contribution < 1.29 is 0 Å². The van der Waals surface area contributed by atoms with Gasteiger partial charge >= 0.3 is 0 Å². The molecule has 2 heteroatoms. The number of anilines is 1. The van der Waals surface area contributed by atoms with Crippen LogP contribution >= 0.6 is 0 Å². The van der Waals surface area contributed by atoms with Crippen LogP contribution in [0.3, 0.4) is 0 Å². The van der Waals surface area contributed by atoms with Gasteiger partial charge in [-0.3, -0.25) is 0 Å². The Morgan fingerprint density at radius 3 is 2.47 bits per heavy atom. The Morgan fingerprint density at radius 1 is 1.18 bits per heavy atom. The smallest absolute Gasteiger partial charge is 0.132 e. The van der Waals surface area contributed by atoms with Crippen molar-refractivity contribution in [2.24, 2.45) is 0 Å². The van der Waals surface area contributed by atoms with Gasteiger partial charge in [0.1, 0.15) is 5.82 Å². The van der Waals surface area contributed by atoms with Crippen LogP contribution in [0.5, 0.6) is 0 Å². The third-order valence-corrected chi connectivity index (χ3v) is 2.52. The Morgan fingerprint density at radius 2 is 1.88 bits per heavy atom. The van der Waals surface area contributed by atoms with Crippen molar-refractivity contribution in [3.8, 4) is 11.1 Å². The molecule has 2 nitrogen and oxygen atoms in total. The molecule has 1 N–H and O–H groups in total. The van der Waals surface area contributed by atoms with Gasteiger partial charge in [-0.25, -0.2) is 4.98 Å². The fourth-order valence-electron chi connectivity index (χ4n) is 1.70. The number of nitrogens with zero attached hydrogens (tertiary/aromatic N) is 1. The molecule has 0 atom stereocenters. The second-order valence-corrected chi connectivity index (χ2v) is 4.16. The maximum atomic E-state index is 4.42. The van der Waals surface area contributed by atoms with Crippen molar-refractivity contribution in [2.45, 2.75) is 13.8 Å². The summed E-state index contributed by atoms with van der Waals surface area (Å²) in [6, 6.07) is 12.4. The lowest BCUT2D eigenvalue weighted by molar-refractivity contribution is 1.22. The average Bonchev–Trinajstić information content (AvgIpc) is 2.32. The van der Waals surface area contributed by atoms with Crippen molar-refractivity contribution in [2.75, 3.05) is 5.32 Å². The highest BCUT2D eigenvalue weighted by atomic mass is 15.0. The van der Waals surface area contributed by atoms with Crippen LogP contribution in [0.2, 0.25) is 0 Å². The molecule has 17 heavy (non-hydrogen) atoms. The first kappa shape index (κ1) is 11.4. The third-order valence-electron chi connectivity index (χ3n) is 2.52. The fourth-order valence-corrected chi connectivity index (χ4v) is 1.70. The van der Waals surface area contributed by atoms with E-state index < -0.39 is 0 Å². The Hall–Kier alpha value is -2.09. The number of benzene rings is 1. The van der Waals surface area contributed by atoms with Crippen LogP contribution < -0.4 is 5.32 Å². The van der Waals surface area contributed by atoms with E-state index in [0.29, 0.717) is 0 Å². The number of nitrogens with one attached hydrogen (secondary N) is 1. The molecule has 0 fully saturated rings. The molecule has 0 aliphatic carbocycles. The molecule has 2 aromatic rings. The summed E-state index contributed by atoms with van der Waals surface area (Å²) >= 11 is 0. The molecule has 0 amide bonds. The highest BCUT2D eigenvalue weighted by Gasteiger charge is 2.02. The van der Waals surface area contributed by atoms with Crippen LogP contribution in [-0.4, -0.2) is 4.98 Å². The van der Waals surface area contributed by atoms with E-state index in [1.165, 1.54) is 5.56 Å². The molecule has 1 aromatic carbocycles. The lowest BCUT2D eigenvalue weighted by Gasteiger charge is -2.09. The molecular formula is C15H16N2. The number of allylic oxidation sites excluding steroid dienone is 1. The first-order valence-corrected chi connectivity index (χ1v) is 5.61. The lowest BCUT2D eigenvalue weighted by atomic mass is 10.1. The molecule has 0 bridgehead atoms. The predicted octanol–water partition coefficient (Wildman–Crippen LogP) is 4.00. The maximum Gasteiger partial charge on any atom is 0.132 e. The van der Waals surface area contributed by atoms with Gasteiger partial charge in [-0.1, -0.05) is 36.9 Å². The monoisotopic (exact) mass is 224 g/mol. The zero-order valence-corrected chi connectivity index (χ0v) is 10.2. The van der Waals surface area contributed by atoms with Gasteiger partial charge < -0.3 is 5.32 Å². The molecule has 1 aromatic heterocycles. The second-order valence-electron chi connectivity index (χ2n) is 4.16. The summed E-state index contributed by atoms with van der Waals surface area (Å²) in [5, 5.41) is 3.15. The van der Waals surface area contributed by atoms with Crippen LogP contribution in [-0.2, 0) is 0 Å². The minimum atomic E-state index is 0.872. The van der Waals surface area contributed by atoms with Crippen LogP contribution in [0.25, 0.3) is 11.1 Å². The topological polar surface area (TPSA) is 24.9 Å². The first-order chi connectivity index (χ1) is 8.16. The Balaban J connectivity index is 2.34. The van der Waals surface area contributed by atoms with Gasteiger partial charge in [0, 0.05) is 17.5 Å². The molecule has 1 heterocycles. The maximum absolute atomic E-state index is 4.42. The Bertz CT molecular complexity index is 530. The average molecular weight is 224 g/mol. The van der Waals surface area contributed by atoms with E-state index in [-0.39, 0.29) is 0 Å². The van der Waals surface area contributed by atoms with E-state index in [4.69, 9.17) is 0 Å². The number of aryl methyl sites for hydroxylation is 1. The van der Waals surface area contributed by atoms with Crippen LogP contribution in [0.4, 0.5) is 5.82 Å². The minimum Gasteiger partial charge on any atom is -0.344 e. The van der Waals surface area contributed by atoms with Crippen molar-refractivity contribution in [1.29, 1.82) is 0 Å². The molecule has 86 valence electrons. The quantitative estimate of drug-likeness (QED) is 0.852. The molecule has 0 spiro atoms. The summed E-state index contributed by atoms with van der Waals surface area (Å²) in [5.41, 5.74) is 4.34. The highest BCUT2D eigenvalue weighted by Crippen LogP contribution is 2.22. The fraction of sp³-hybridized carbons (Fsp3) is 0.133. The van der Waals surface area contributed by atoms with Crippen molar-refractivity contribution >= 4 is 5.82 Å². The molecule has 0 unspecified atom stereocenters. The van der Waals surface area contributed by atoms with E-state index in [1.54, 1.807) is 0 Å². The largest absolute Gasteiger partial charge is 0.344 e. The van der Waals surface area contributed by atoms with Gasteiger partial charge in [-0.15, -0.1) is 0 Å². The first-order valence-electron chi connectivity index (χ1n) is 5.61. The zero-order valence-electron chi connectivity index (χ0n) is 10.2. The highest BCUT2D eigenvalue weighted by molar-refractivity contribution is 5.65. The van der Waals surface area contributed by atoms with E-state index in [2.05, 4.69) is 35.1 Å².